The van der Waals surface area contributed by atoms with E-state index in [1.165, 1.54) is 12.8 Å². The Bertz CT molecular complexity index is 809. The number of hydrogen-bond acceptors (Lipinski definition) is 6. The number of rotatable bonds is 4. The summed E-state index contributed by atoms with van der Waals surface area (Å²) in [7, 11) is 0. The minimum atomic E-state index is 0.0177. The van der Waals surface area contributed by atoms with Gasteiger partial charge in [-0.25, -0.2) is 9.97 Å². The number of aromatic nitrogens is 3. The maximum absolute atomic E-state index is 13.0. The minimum absolute atomic E-state index is 0.0177. The van der Waals surface area contributed by atoms with Crippen LogP contribution < -0.4 is 4.90 Å². The van der Waals surface area contributed by atoms with E-state index in [9.17, 15) is 4.79 Å². The summed E-state index contributed by atoms with van der Waals surface area (Å²) in [6.45, 7) is 1.51. The first-order valence-corrected chi connectivity index (χ1v) is 10.1. The molecule has 1 saturated heterocycles. The molecule has 0 radical (unpaired) electrons. The molecule has 3 heterocycles. The molecular formula is C20H25N5O2. The summed E-state index contributed by atoms with van der Waals surface area (Å²) >= 11 is 0. The predicted molar refractivity (Wildman–Crippen MR) is 99.6 cm³/mol. The van der Waals surface area contributed by atoms with Gasteiger partial charge in [-0.05, 0) is 57.4 Å². The fourth-order valence-corrected chi connectivity index (χ4v) is 4.51. The van der Waals surface area contributed by atoms with Gasteiger partial charge in [0.05, 0.1) is 5.69 Å². The Labute approximate surface area is 158 Å². The van der Waals surface area contributed by atoms with Gasteiger partial charge >= 0.3 is 0 Å². The number of piperidine rings is 1. The van der Waals surface area contributed by atoms with Gasteiger partial charge in [-0.15, -0.1) is 0 Å². The molecule has 3 aliphatic rings. The van der Waals surface area contributed by atoms with Crippen LogP contribution in [0.2, 0.25) is 0 Å². The number of aryl methyl sites for hydroxylation is 1. The lowest BCUT2D eigenvalue weighted by atomic mass is 9.95. The quantitative estimate of drug-likeness (QED) is 0.827. The predicted octanol–water partition coefficient (Wildman–Crippen LogP) is 2.62. The first-order valence-electron chi connectivity index (χ1n) is 10.1. The summed E-state index contributed by atoms with van der Waals surface area (Å²) in [5.41, 5.74) is 2.04. The Balaban J connectivity index is 1.27. The number of likely N-dealkylation sites (tertiary alicyclic amines) is 1. The number of fused-ring (bicyclic) bond motifs is 1. The van der Waals surface area contributed by atoms with E-state index in [4.69, 9.17) is 4.52 Å². The molecule has 2 aromatic rings. The second-order valence-electron chi connectivity index (χ2n) is 7.87. The van der Waals surface area contributed by atoms with Crippen LogP contribution in [0.1, 0.15) is 60.3 Å². The fraction of sp³-hybridized carbons (Fsp3) is 0.600. The molecule has 7 nitrogen and oxygen atoms in total. The molecule has 7 heteroatoms. The maximum atomic E-state index is 13.0. The average molecular weight is 367 g/mol. The van der Waals surface area contributed by atoms with E-state index >= 15 is 0 Å². The largest absolute Gasteiger partial charge is 0.350 e. The second kappa shape index (κ2) is 6.94. The Morgan fingerprint density at radius 2 is 1.89 bits per heavy atom. The van der Waals surface area contributed by atoms with Crippen molar-refractivity contribution in [3.8, 4) is 0 Å². The average Bonchev–Trinajstić information content (AvgIpc) is 3.46. The van der Waals surface area contributed by atoms with Crippen molar-refractivity contribution in [2.75, 3.05) is 18.0 Å². The van der Waals surface area contributed by atoms with E-state index in [-0.39, 0.29) is 5.91 Å². The number of carbonyl (C=O) groups excluding carboxylic acids is 1. The first-order chi connectivity index (χ1) is 13.3. The summed E-state index contributed by atoms with van der Waals surface area (Å²) in [5.74, 6) is 1.52. The molecule has 27 heavy (non-hydrogen) atoms. The van der Waals surface area contributed by atoms with Crippen molar-refractivity contribution in [1.29, 1.82) is 0 Å². The molecule has 0 spiro atoms. The summed E-state index contributed by atoms with van der Waals surface area (Å²) in [4.78, 5) is 25.9. The van der Waals surface area contributed by atoms with Crippen LogP contribution in [0.3, 0.4) is 0 Å². The number of hydrogen-bond donors (Lipinski definition) is 0. The third kappa shape index (κ3) is 3.19. The lowest BCUT2D eigenvalue weighted by Gasteiger charge is -2.39. The molecule has 5 rings (SSSR count). The van der Waals surface area contributed by atoms with Crippen molar-refractivity contribution < 1.29 is 9.32 Å². The summed E-state index contributed by atoms with van der Waals surface area (Å²) in [6.07, 6.45) is 11.9. The zero-order valence-corrected chi connectivity index (χ0v) is 15.5. The topological polar surface area (TPSA) is 75.4 Å². The molecule has 0 aromatic carbocycles. The fourth-order valence-electron chi connectivity index (χ4n) is 4.51. The maximum Gasteiger partial charge on any atom is 0.292 e. The molecule has 2 aromatic heterocycles. The molecule has 1 amide bonds. The van der Waals surface area contributed by atoms with Crippen molar-refractivity contribution in [3.05, 3.63) is 35.6 Å². The van der Waals surface area contributed by atoms with Gasteiger partial charge in [-0.3, -0.25) is 4.79 Å². The highest BCUT2D eigenvalue weighted by atomic mass is 16.5. The van der Waals surface area contributed by atoms with E-state index in [2.05, 4.69) is 20.0 Å². The molecule has 0 N–H and O–H groups in total. The van der Waals surface area contributed by atoms with Crippen molar-refractivity contribution in [1.82, 2.24) is 20.0 Å². The standard InChI is InChI=1S/C20H25N5O2/c26-20(19-16-3-1-2-4-17(16)23-27-19)24-11-8-15(9-12-24)25(14-5-6-14)18-7-10-21-13-22-18/h7,10,13-15H,1-6,8-9,11-12H2. The third-order valence-electron chi connectivity index (χ3n) is 6.07. The van der Waals surface area contributed by atoms with E-state index in [0.717, 1.165) is 68.7 Å². The SMILES string of the molecule is O=C(c1onc2c1CCCC2)N1CCC(N(c2ccncn2)C2CC2)CC1. The van der Waals surface area contributed by atoms with Crippen molar-refractivity contribution in [2.45, 2.75) is 63.5 Å². The molecule has 1 aliphatic heterocycles. The van der Waals surface area contributed by atoms with Crippen molar-refractivity contribution >= 4 is 11.7 Å². The van der Waals surface area contributed by atoms with Crippen LogP contribution in [0.5, 0.6) is 0 Å². The van der Waals surface area contributed by atoms with E-state index in [1.54, 1.807) is 6.33 Å². The lowest BCUT2D eigenvalue weighted by Crippen LogP contribution is -2.48. The minimum Gasteiger partial charge on any atom is -0.350 e. The Hall–Kier alpha value is -2.44. The van der Waals surface area contributed by atoms with Crippen LogP contribution in [-0.2, 0) is 12.8 Å². The number of carbonyl (C=O) groups is 1. The molecule has 0 atom stereocenters. The van der Waals surface area contributed by atoms with Crippen molar-refractivity contribution in [2.24, 2.45) is 0 Å². The van der Waals surface area contributed by atoms with Gasteiger partial charge in [-0.2, -0.15) is 0 Å². The first kappa shape index (κ1) is 16.7. The molecule has 2 aliphatic carbocycles. The molecular weight excluding hydrogens is 342 g/mol. The van der Waals surface area contributed by atoms with E-state index < -0.39 is 0 Å². The van der Waals surface area contributed by atoms with Crippen LogP contribution in [0.15, 0.2) is 23.1 Å². The monoisotopic (exact) mass is 367 g/mol. The molecule has 1 saturated carbocycles. The molecule has 2 fully saturated rings. The highest BCUT2D eigenvalue weighted by Gasteiger charge is 2.38. The molecule has 142 valence electrons. The molecule has 0 bridgehead atoms. The summed E-state index contributed by atoms with van der Waals surface area (Å²) in [5, 5.41) is 4.14. The lowest BCUT2D eigenvalue weighted by molar-refractivity contribution is 0.0668. The highest BCUT2D eigenvalue weighted by molar-refractivity contribution is 5.93. The Morgan fingerprint density at radius 3 is 2.63 bits per heavy atom. The smallest absolute Gasteiger partial charge is 0.292 e. The van der Waals surface area contributed by atoms with Crippen LogP contribution in [0.25, 0.3) is 0 Å². The Kier molecular flexibility index (Phi) is 4.30. The molecule has 0 unspecified atom stereocenters. The zero-order chi connectivity index (χ0) is 18.2. The number of amides is 1. The summed E-state index contributed by atoms with van der Waals surface area (Å²) < 4.78 is 5.46. The van der Waals surface area contributed by atoms with Gasteiger partial charge in [0.15, 0.2) is 0 Å². The normalized spacial score (nSPS) is 20.4. The van der Waals surface area contributed by atoms with Gasteiger partial charge in [-0.1, -0.05) is 5.16 Å². The van der Waals surface area contributed by atoms with Gasteiger partial charge in [0, 0.05) is 36.9 Å². The van der Waals surface area contributed by atoms with Crippen LogP contribution >= 0.6 is 0 Å². The van der Waals surface area contributed by atoms with Gasteiger partial charge in [0.25, 0.3) is 5.91 Å². The Morgan fingerprint density at radius 1 is 1.11 bits per heavy atom. The number of nitrogens with zero attached hydrogens (tertiary/aromatic N) is 5. The van der Waals surface area contributed by atoms with Crippen LogP contribution in [0, 0.1) is 0 Å². The highest BCUT2D eigenvalue weighted by Crippen LogP contribution is 2.35. The van der Waals surface area contributed by atoms with Gasteiger partial charge < -0.3 is 14.3 Å². The zero-order valence-electron chi connectivity index (χ0n) is 15.5. The van der Waals surface area contributed by atoms with Crippen LogP contribution in [-0.4, -0.2) is 51.1 Å². The van der Waals surface area contributed by atoms with Gasteiger partial charge in [0.1, 0.15) is 12.1 Å². The third-order valence-corrected chi connectivity index (χ3v) is 6.07. The second-order valence-corrected chi connectivity index (χ2v) is 7.87. The van der Waals surface area contributed by atoms with Gasteiger partial charge in [0.2, 0.25) is 5.76 Å². The van der Waals surface area contributed by atoms with Crippen LogP contribution in [0.4, 0.5) is 5.82 Å². The number of anilines is 1. The van der Waals surface area contributed by atoms with E-state index in [1.807, 2.05) is 17.2 Å². The van der Waals surface area contributed by atoms with Crippen molar-refractivity contribution in [3.63, 3.8) is 0 Å². The van der Waals surface area contributed by atoms with E-state index in [0.29, 0.717) is 17.8 Å². The summed E-state index contributed by atoms with van der Waals surface area (Å²) in [6, 6.07) is 3.02.